The van der Waals surface area contributed by atoms with E-state index in [2.05, 4.69) is 5.32 Å². The van der Waals surface area contributed by atoms with E-state index in [9.17, 15) is 13.9 Å². The van der Waals surface area contributed by atoms with Gasteiger partial charge in [-0.25, -0.2) is 8.78 Å². The lowest BCUT2D eigenvalue weighted by Crippen LogP contribution is -2.45. The Labute approximate surface area is 145 Å². The molecule has 0 bridgehead atoms. The smallest absolute Gasteiger partial charge is 0.103 e. The van der Waals surface area contributed by atoms with Crippen molar-refractivity contribution >= 4 is 0 Å². The van der Waals surface area contributed by atoms with Gasteiger partial charge in [0.2, 0.25) is 0 Å². The molecule has 2 N–H and O–H groups in total. The predicted octanol–water partition coefficient (Wildman–Crippen LogP) is 4.27. The average Bonchev–Trinajstić information content (AvgIpc) is 2.58. The van der Waals surface area contributed by atoms with Crippen LogP contribution in [-0.4, -0.2) is 37.1 Å². The van der Waals surface area contributed by atoms with Gasteiger partial charge in [0.1, 0.15) is 12.3 Å². The number of aliphatic hydroxyl groups excluding tert-OH is 1. The number of halogens is 2. The van der Waals surface area contributed by atoms with Crippen LogP contribution in [0.2, 0.25) is 0 Å². The molecule has 3 fully saturated rings. The van der Waals surface area contributed by atoms with Crippen molar-refractivity contribution in [1.29, 1.82) is 0 Å². The van der Waals surface area contributed by atoms with Crippen molar-refractivity contribution in [3.8, 4) is 0 Å². The van der Waals surface area contributed by atoms with Crippen LogP contribution in [0.3, 0.4) is 0 Å². The number of rotatable bonds is 5. The van der Waals surface area contributed by atoms with E-state index in [4.69, 9.17) is 0 Å². The minimum atomic E-state index is -1.09. The molecule has 0 radical (unpaired) electrons. The molecule has 2 nitrogen and oxygen atoms in total. The second-order valence-corrected chi connectivity index (χ2v) is 8.75. The highest BCUT2D eigenvalue weighted by atomic mass is 19.1. The zero-order chi connectivity index (χ0) is 17.1. The molecule has 0 heterocycles. The van der Waals surface area contributed by atoms with Crippen LogP contribution in [0.4, 0.5) is 8.78 Å². The number of aliphatic hydroxyl groups is 1. The van der Waals surface area contributed by atoms with Gasteiger partial charge in [0.25, 0.3) is 0 Å². The minimum absolute atomic E-state index is 0.0209. The maximum atomic E-state index is 13.8. The van der Waals surface area contributed by atoms with Crippen LogP contribution in [-0.2, 0) is 0 Å². The first-order valence-corrected chi connectivity index (χ1v) is 10.2. The van der Waals surface area contributed by atoms with Crippen molar-refractivity contribution in [2.45, 2.75) is 82.7 Å². The van der Waals surface area contributed by atoms with E-state index in [1.165, 1.54) is 44.9 Å². The monoisotopic (exact) mass is 343 g/mol. The molecule has 0 spiro atoms. The van der Waals surface area contributed by atoms with E-state index in [-0.39, 0.29) is 18.3 Å². The number of nitrogens with one attached hydrogen (secondary N) is 1. The summed E-state index contributed by atoms with van der Waals surface area (Å²) in [4.78, 5) is 0. The van der Waals surface area contributed by atoms with Crippen LogP contribution in [0.1, 0.15) is 64.2 Å². The van der Waals surface area contributed by atoms with Crippen molar-refractivity contribution in [2.75, 3.05) is 13.6 Å². The summed E-state index contributed by atoms with van der Waals surface area (Å²) in [6.07, 6.45) is 7.07. The maximum absolute atomic E-state index is 13.8. The highest BCUT2D eigenvalue weighted by molar-refractivity contribution is 4.92. The van der Waals surface area contributed by atoms with Gasteiger partial charge < -0.3 is 10.4 Å². The molecule has 3 aliphatic rings. The number of hydrogen-bond acceptors (Lipinski definition) is 2. The second kappa shape index (κ2) is 8.44. The molecule has 140 valence electrons. The fourth-order valence-corrected chi connectivity index (χ4v) is 5.95. The third-order valence-electron chi connectivity index (χ3n) is 7.18. The summed E-state index contributed by atoms with van der Waals surface area (Å²) in [6, 6.07) is 0. The second-order valence-electron chi connectivity index (χ2n) is 8.75. The Kier molecular flexibility index (Phi) is 6.53. The van der Waals surface area contributed by atoms with Crippen molar-refractivity contribution in [1.82, 2.24) is 5.32 Å². The molecule has 0 aromatic rings. The van der Waals surface area contributed by atoms with Gasteiger partial charge in [-0.15, -0.1) is 0 Å². The quantitative estimate of drug-likeness (QED) is 0.781. The molecule has 0 aliphatic heterocycles. The van der Waals surface area contributed by atoms with Crippen LogP contribution in [0.15, 0.2) is 0 Å². The molecule has 0 aromatic heterocycles. The summed E-state index contributed by atoms with van der Waals surface area (Å²) >= 11 is 0. The third-order valence-corrected chi connectivity index (χ3v) is 7.18. The first kappa shape index (κ1) is 18.6. The van der Waals surface area contributed by atoms with Crippen LogP contribution in [0.25, 0.3) is 0 Å². The van der Waals surface area contributed by atoms with Crippen LogP contribution >= 0.6 is 0 Å². The fourth-order valence-electron chi connectivity index (χ4n) is 5.95. The number of hydrogen-bond donors (Lipinski definition) is 2. The number of alkyl halides is 2. The van der Waals surface area contributed by atoms with Gasteiger partial charge in [0.05, 0.1) is 6.10 Å². The standard InChI is InChI=1S/C20H35F2NO/c1-23-12-19(20(24)16-9-17(21)11-18(22)10-16)15-7-6-13-4-2-3-5-14(13)8-15/h13-20,23-24H,2-12H2,1H3/t13?,14?,15?,16?,17?,18?,19-,20+/m0/s1. The van der Waals surface area contributed by atoms with Gasteiger partial charge in [0.15, 0.2) is 0 Å². The maximum Gasteiger partial charge on any atom is 0.103 e. The molecule has 5 unspecified atom stereocenters. The summed E-state index contributed by atoms with van der Waals surface area (Å²) < 4.78 is 27.6. The molecule has 0 saturated heterocycles. The Balaban J connectivity index is 1.64. The molecule has 24 heavy (non-hydrogen) atoms. The largest absolute Gasteiger partial charge is 0.392 e. The Morgan fingerprint density at radius 1 is 0.875 bits per heavy atom. The Morgan fingerprint density at radius 2 is 1.54 bits per heavy atom. The van der Waals surface area contributed by atoms with Crippen LogP contribution in [0.5, 0.6) is 0 Å². The van der Waals surface area contributed by atoms with Gasteiger partial charge in [-0.2, -0.15) is 0 Å². The molecule has 3 saturated carbocycles. The molecular formula is C20H35F2NO. The predicted molar refractivity (Wildman–Crippen MR) is 93.3 cm³/mol. The zero-order valence-electron chi connectivity index (χ0n) is 15.1. The van der Waals surface area contributed by atoms with Gasteiger partial charge in [-0.1, -0.05) is 25.7 Å². The van der Waals surface area contributed by atoms with E-state index in [1.54, 1.807) is 0 Å². The van der Waals surface area contributed by atoms with Gasteiger partial charge in [-0.3, -0.25) is 0 Å². The summed E-state index contributed by atoms with van der Waals surface area (Å²) in [7, 11) is 1.92. The van der Waals surface area contributed by atoms with Crippen molar-refractivity contribution in [3.05, 3.63) is 0 Å². The van der Waals surface area contributed by atoms with E-state index in [0.717, 1.165) is 18.4 Å². The van der Waals surface area contributed by atoms with E-state index >= 15 is 0 Å². The SMILES string of the molecule is CNC[C@@H](C1CCC2CCCCC2C1)[C@H](O)C1CC(F)CC(F)C1. The van der Waals surface area contributed by atoms with Crippen molar-refractivity contribution in [2.24, 2.45) is 29.6 Å². The third kappa shape index (κ3) is 4.30. The Hall–Kier alpha value is -0.220. The summed E-state index contributed by atoms with van der Waals surface area (Å²) in [5, 5.41) is 14.2. The molecule has 7 atom stereocenters. The topological polar surface area (TPSA) is 32.3 Å². The average molecular weight is 344 g/mol. The molecule has 3 aliphatic carbocycles. The van der Waals surface area contributed by atoms with E-state index in [0.29, 0.717) is 18.8 Å². The molecule has 0 aromatic carbocycles. The lowest BCUT2D eigenvalue weighted by molar-refractivity contribution is -0.0357. The van der Waals surface area contributed by atoms with Crippen LogP contribution in [0, 0.1) is 29.6 Å². The van der Waals surface area contributed by atoms with Gasteiger partial charge in [0, 0.05) is 18.9 Å². The number of fused-ring (bicyclic) bond motifs is 1. The minimum Gasteiger partial charge on any atom is -0.392 e. The first-order valence-electron chi connectivity index (χ1n) is 10.2. The molecule has 4 heteroatoms. The zero-order valence-corrected chi connectivity index (χ0v) is 15.1. The highest BCUT2D eigenvalue weighted by Crippen LogP contribution is 2.46. The summed E-state index contributed by atoms with van der Waals surface area (Å²) in [5.74, 6) is 2.14. The Morgan fingerprint density at radius 3 is 2.21 bits per heavy atom. The lowest BCUT2D eigenvalue weighted by atomic mass is 9.63. The summed E-state index contributed by atoms with van der Waals surface area (Å²) in [5.41, 5.74) is 0. The molecular weight excluding hydrogens is 308 g/mol. The van der Waals surface area contributed by atoms with Crippen molar-refractivity contribution < 1.29 is 13.9 Å². The fraction of sp³-hybridized carbons (Fsp3) is 1.00. The van der Waals surface area contributed by atoms with E-state index in [1.807, 2.05) is 7.05 Å². The van der Waals surface area contributed by atoms with E-state index < -0.39 is 18.4 Å². The lowest BCUT2D eigenvalue weighted by Gasteiger charge is -2.45. The van der Waals surface area contributed by atoms with Crippen molar-refractivity contribution in [3.63, 3.8) is 0 Å². The molecule has 3 rings (SSSR count). The normalized spacial score (nSPS) is 43.0. The van der Waals surface area contributed by atoms with Crippen LogP contribution < -0.4 is 5.32 Å². The molecule has 0 amide bonds. The highest BCUT2D eigenvalue weighted by Gasteiger charge is 2.41. The summed E-state index contributed by atoms with van der Waals surface area (Å²) in [6.45, 7) is 0.758. The first-order chi connectivity index (χ1) is 11.6. The van der Waals surface area contributed by atoms with Gasteiger partial charge >= 0.3 is 0 Å². The Bertz CT molecular complexity index is 384. The van der Waals surface area contributed by atoms with Gasteiger partial charge in [-0.05, 0) is 62.8 Å².